The van der Waals surface area contributed by atoms with E-state index in [0.29, 0.717) is 49.1 Å². The van der Waals surface area contributed by atoms with Crippen LogP contribution >= 0.6 is 11.6 Å². The predicted molar refractivity (Wildman–Crippen MR) is 161 cm³/mol. The van der Waals surface area contributed by atoms with Crippen LogP contribution in [0.2, 0.25) is 5.02 Å². The van der Waals surface area contributed by atoms with Crippen LogP contribution in [-0.2, 0) is 22.4 Å². The maximum absolute atomic E-state index is 14.2. The number of aliphatic hydroxyl groups is 1. The number of hydrogen-bond donors (Lipinski definition) is 2. The smallest absolute Gasteiger partial charge is 0.252 e. The van der Waals surface area contributed by atoms with Crippen LogP contribution in [0.5, 0.6) is 5.75 Å². The Kier molecular flexibility index (Phi) is 9.34. The van der Waals surface area contributed by atoms with E-state index in [2.05, 4.69) is 5.32 Å². The number of amides is 1. The van der Waals surface area contributed by atoms with Crippen LogP contribution < -0.4 is 10.1 Å². The summed E-state index contributed by atoms with van der Waals surface area (Å²) in [6, 6.07) is 34.8. The number of carbonyl (C=O) groups is 1. The first-order valence-corrected chi connectivity index (χ1v) is 14.2. The van der Waals surface area contributed by atoms with E-state index in [1.54, 1.807) is 0 Å². The van der Waals surface area contributed by atoms with Gasteiger partial charge in [-0.05, 0) is 59.5 Å². The summed E-state index contributed by atoms with van der Waals surface area (Å²) >= 11 is 6.04. The number of carbonyl (C=O) groups excluding carboxylic acids is 1. The predicted octanol–water partition coefficient (Wildman–Crippen LogP) is 5.96. The maximum atomic E-state index is 14.2. The summed E-state index contributed by atoms with van der Waals surface area (Å²) in [6.45, 7) is 0.956. The Bertz CT molecular complexity index is 1440. The maximum Gasteiger partial charge on any atom is 0.252 e. The highest BCUT2D eigenvalue weighted by Gasteiger charge is 2.53. The van der Waals surface area contributed by atoms with Crippen molar-refractivity contribution in [2.24, 2.45) is 4.99 Å². The van der Waals surface area contributed by atoms with Crippen molar-refractivity contribution in [1.29, 1.82) is 0 Å². The molecular weight excluding hydrogens is 536 g/mol. The second-order valence-corrected chi connectivity index (χ2v) is 10.4. The van der Waals surface area contributed by atoms with E-state index in [1.807, 2.05) is 109 Å². The Morgan fingerprint density at radius 3 is 2.27 bits per heavy atom. The molecule has 0 aromatic heterocycles. The normalized spacial score (nSPS) is 17.9. The molecule has 4 aromatic carbocycles. The molecule has 0 unspecified atom stereocenters. The van der Waals surface area contributed by atoms with Gasteiger partial charge in [-0.15, -0.1) is 0 Å². The quantitative estimate of drug-likeness (QED) is 0.207. The van der Waals surface area contributed by atoms with Crippen molar-refractivity contribution >= 4 is 23.4 Å². The molecule has 0 bridgehead atoms. The highest BCUT2D eigenvalue weighted by atomic mass is 35.5. The first-order chi connectivity index (χ1) is 20.1. The molecule has 0 spiro atoms. The van der Waals surface area contributed by atoms with Crippen molar-refractivity contribution in [1.82, 2.24) is 5.32 Å². The summed E-state index contributed by atoms with van der Waals surface area (Å²) in [7, 11) is 0. The molecule has 7 heteroatoms. The Morgan fingerprint density at radius 1 is 0.902 bits per heavy atom. The third kappa shape index (κ3) is 6.96. The van der Waals surface area contributed by atoms with Gasteiger partial charge in [-0.3, -0.25) is 4.79 Å². The van der Waals surface area contributed by atoms with Crippen LogP contribution in [0.3, 0.4) is 0 Å². The molecule has 5 rings (SSSR count). The van der Waals surface area contributed by atoms with Gasteiger partial charge < -0.3 is 19.9 Å². The van der Waals surface area contributed by atoms with E-state index in [1.165, 1.54) is 0 Å². The monoisotopic (exact) mass is 568 g/mol. The fourth-order valence-corrected chi connectivity index (χ4v) is 5.07. The fourth-order valence-electron chi connectivity index (χ4n) is 4.94. The number of aliphatic hydroxyl groups excluding tert-OH is 1. The molecule has 0 radical (unpaired) electrons. The van der Waals surface area contributed by atoms with Crippen LogP contribution in [0.1, 0.15) is 34.8 Å². The number of ether oxygens (including phenoxy) is 2. The lowest BCUT2D eigenvalue weighted by Crippen LogP contribution is -2.50. The lowest BCUT2D eigenvalue weighted by atomic mass is 9.82. The minimum atomic E-state index is -1.23. The van der Waals surface area contributed by atoms with Gasteiger partial charge in [0.25, 0.3) is 5.91 Å². The molecule has 0 fully saturated rings. The lowest BCUT2D eigenvalue weighted by Gasteiger charge is -2.31. The summed E-state index contributed by atoms with van der Waals surface area (Å²) in [5.41, 5.74) is 2.47. The molecule has 6 nitrogen and oxygen atoms in total. The second-order valence-electron chi connectivity index (χ2n) is 9.99. The van der Waals surface area contributed by atoms with Crippen LogP contribution in [0, 0.1) is 0 Å². The van der Waals surface area contributed by atoms with Crippen LogP contribution in [0.15, 0.2) is 114 Å². The number of aliphatic imine (C=N–C) groups is 1. The number of rotatable bonds is 12. The zero-order valence-corrected chi connectivity index (χ0v) is 23.5. The lowest BCUT2D eigenvalue weighted by molar-refractivity contribution is -0.128. The summed E-state index contributed by atoms with van der Waals surface area (Å²) in [5.74, 6) is 0.906. The molecule has 0 saturated carbocycles. The van der Waals surface area contributed by atoms with Crippen molar-refractivity contribution < 1.29 is 19.4 Å². The largest absolute Gasteiger partial charge is 0.494 e. The summed E-state index contributed by atoms with van der Waals surface area (Å²) in [6.07, 6.45) is 0.961. The molecule has 210 valence electrons. The van der Waals surface area contributed by atoms with Crippen LogP contribution in [-0.4, -0.2) is 42.2 Å². The van der Waals surface area contributed by atoms with Gasteiger partial charge in [0.15, 0.2) is 11.6 Å². The van der Waals surface area contributed by atoms with Gasteiger partial charge in [0, 0.05) is 36.6 Å². The molecule has 1 heterocycles. The molecule has 2 atom stereocenters. The third-order valence-corrected chi connectivity index (χ3v) is 7.31. The molecule has 1 amide bonds. The summed E-state index contributed by atoms with van der Waals surface area (Å²) in [4.78, 5) is 19.3. The molecule has 1 aliphatic heterocycles. The molecular formula is C34H33ClN2O4. The van der Waals surface area contributed by atoms with Crippen molar-refractivity contribution in [3.63, 3.8) is 0 Å². The highest BCUT2D eigenvalue weighted by molar-refractivity contribution is 6.30. The third-order valence-electron chi connectivity index (χ3n) is 7.06. The van der Waals surface area contributed by atoms with Crippen molar-refractivity contribution in [3.8, 4) is 5.75 Å². The van der Waals surface area contributed by atoms with Gasteiger partial charge in [0.1, 0.15) is 5.75 Å². The Morgan fingerprint density at radius 2 is 1.59 bits per heavy atom. The molecule has 2 N–H and O–H groups in total. The fraction of sp³-hybridized carbons (Fsp3) is 0.235. The Labute approximate surface area is 245 Å². The minimum Gasteiger partial charge on any atom is -0.494 e. The van der Waals surface area contributed by atoms with Gasteiger partial charge >= 0.3 is 0 Å². The van der Waals surface area contributed by atoms with E-state index in [4.69, 9.17) is 31.2 Å². The molecule has 1 aliphatic rings. The van der Waals surface area contributed by atoms with Gasteiger partial charge in [-0.2, -0.15) is 0 Å². The van der Waals surface area contributed by atoms with Crippen LogP contribution in [0.4, 0.5) is 0 Å². The average molecular weight is 569 g/mol. The standard InChI is InChI=1S/C34H33ClN2O4/c35-29-16-12-25(13-17-29)20-21-36-33(39)34(24-26-8-3-1-4-9-26)31(27-10-5-2-6-11-27)41-32(37-34)28-14-18-30(19-15-28)40-23-7-22-38/h1-6,8-19,31,38H,7,20-24H2,(H,36,39)/t31-,34-/m1/s1. The Hall–Kier alpha value is -4.13. The Balaban J connectivity index is 1.47. The van der Waals surface area contributed by atoms with Gasteiger partial charge in [-0.25, -0.2) is 4.99 Å². The van der Waals surface area contributed by atoms with Crippen molar-refractivity contribution in [3.05, 3.63) is 136 Å². The van der Waals surface area contributed by atoms with Crippen molar-refractivity contribution in [2.75, 3.05) is 19.8 Å². The van der Waals surface area contributed by atoms with E-state index < -0.39 is 11.6 Å². The second kappa shape index (κ2) is 13.5. The van der Waals surface area contributed by atoms with E-state index in [0.717, 1.165) is 22.3 Å². The number of hydrogen-bond acceptors (Lipinski definition) is 5. The van der Waals surface area contributed by atoms with E-state index >= 15 is 0 Å². The first-order valence-electron chi connectivity index (χ1n) is 13.8. The zero-order valence-electron chi connectivity index (χ0n) is 22.7. The number of nitrogens with one attached hydrogen (secondary N) is 1. The van der Waals surface area contributed by atoms with E-state index in [9.17, 15) is 4.79 Å². The number of benzene rings is 4. The summed E-state index contributed by atoms with van der Waals surface area (Å²) in [5, 5.41) is 12.9. The number of halogens is 1. The van der Waals surface area contributed by atoms with E-state index in [-0.39, 0.29) is 12.5 Å². The SMILES string of the molecule is O=C(NCCc1ccc(Cl)cc1)[C@]1(Cc2ccccc2)N=C(c2ccc(OCCCO)cc2)O[C@@H]1c1ccccc1. The first kappa shape index (κ1) is 28.4. The van der Waals surface area contributed by atoms with Crippen molar-refractivity contribution in [2.45, 2.75) is 30.9 Å². The molecule has 41 heavy (non-hydrogen) atoms. The van der Waals surface area contributed by atoms with Crippen LogP contribution in [0.25, 0.3) is 0 Å². The molecule has 4 aromatic rings. The minimum absolute atomic E-state index is 0.0782. The zero-order chi connectivity index (χ0) is 28.5. The molecule has 0 saturated heterocycles. The average Bonchev–Trinajstić information content (AvgIpc) is 3.40. The highest BCUT2D eigenvalue weighted by Crippen LogP contribution is 2.42. The van der Waals surface area contributed by atoms with Gasteiger partial charge in [0.2, 0.25) is 5.90 Å². The topological polar surface area (TPSA) is 80.2 Å². The van der Waals surface area contributed by atoms with Gasteiger partial charge in [0.05, 0.1) is 6.61 Å². The number of nitrogens with zero attached hydrogens (tertiary/aromatic N) is 1. The van der Waals surface area contributed by atoms with Gasteiger partial charge in [-0.1, -0.05) is 84.4 Å². The molecule has 0 aliphatic carbocycles. The summed E-state index contributed by atoms with van der Waals surface area (Å²) < 4.78 is 12.2.